The number of hydrogen-bond donors (Lipinski definition) is 0. The highest BCUT2D eigenvalue weighted by Gasteiger charge is 2.25. The largest absolute Gasteiger partial charge is 0.299 e. The van der Waals surface area contributed by atoms with E-state index in [4.69, 9.17) is 0 Å². The van der Waals surface area contributed by atoms with Crippen molar-refractivity contribution >= 4 is 27.3 Å². The first-order valence-electron chi connectivity index (χ1n) is 6.18. The van der Waals surface area contributed by atoms with Crippen LogP contribution in [0.15, 0.2) is 4.79 Å². The van der Waals surface area contributed by atoms with E-state index in [0.717, 1.165) is 40.4 Å². The highest BCUT2D eigenvalue weighted by Crippen LogP contribution is 2.33. The lowest BCUT2D eigenvalue weighted by atomic mass is 9.96. The average Bonchev–Trinajstić information content (AvgIpc) is 2.74. The Morgan fingerprint density at radius 1 is 1.33 bits per heavy atom. The highest BCUT2D eigenvalue weighted by molar-refractivity contribution is 7.20. The van der Waals surface area contributed by atoms with Gasteiger partial charge in [0.2, 0.25) is 0 Å². The lowest BCUT2D eigenvalue weighted by Crippen LogP contribution is -2.22. The first-order valence-corrected chi connectivity index (χ1v) is 6.99. The summed E-state index contributed by atoms with van der Waals surface area (Å²) in [5, 5.41) is 0.669. The molecule has 0 saturated heterocycles. The number of ketones is 1. The molecule has 0 unspecified atom stereocenters. The Kier molecular flexibility index (Phi) is 2.59. The summed E-state index contributed by atoms with van der Waals surface area (Å²) in [6.45, 7) is 1.98. The normalized spacial score (nSPS) is 15.1. The third-order valence-electron chi connectivity index (χ3n) is 3.52. The molecular weight excluding hydrogens is 248 g/mol. The molecule has 0 radical (unpaired) electrons. The van der Waals surface area contributed by atoms with Crippen LogP contribution in [-0.4, -0.2) is 15.3 Å². The number of thiophene rings is 1. The second kappa shape index (κ2) is 4.02. The Labute approximate surface area is 108 Å². The number of fused-ring (bicyclic) bond motifs is 3. The van der Waals surface area contributed by atoms with E-state index in [0.29, 0.717) is 11.8 Å². The second-order valence-corrected chi connectivity index (χ2v) is 5.61. The van der Waals surface area contributed by atoms with Gasteiger partial charge >= 0.3 is 0 Å². The maximum atomic E-state index is 12.4. The van der Waals surface area contributed by atoms with E-state index < -0.39 is 0 Å². The van der Waals surface area contributed by atoms with Crippen molar-refractivity contribution in [3.05, 3.63) is 26.6 Å². The van der Waals surface area contributed by atoms with Crippen LogP contribution in [0, 0.1) is 0 Å². The van der Waals surface area contributed by atoms with Crippen molar-refractivity contribution in [2.75, 3.05) is 0 Å². The van der Waals surface area contributed by atoms with Gasteiger partial charge in [0, 0.05) is 19.9 Å². The summed E-state index contributed by atoms with van der Waals surface area (Å²) in [6, 6.07) is 0. The fraction of sp³-hybridized carbons (Fsp3) is 0.462. The van der Waals surface area contributed by atoms with Crippen molar-refractivity contribution in [2.45, 2.75) is 32.6 Å². The van der Waals surface area contributed by atoms with E-state index in [-0.39, 0.29) is 11.3 Å². The van der Waals surface area contributed by atoms with Gasteiger partial charge in [-0.3, -0.25) is 14.2 Å². The van der Waals surface area contributed by atoms with E-state index in [1.54, 1.807) is 11.6 Å². The predicted octanol–water partition coefficient (Wildman–Crippen LogP) is 2.08. The topological polar surface area (TPSA) is 52.0 Å². The van der Waals surface area contributed by atoms with Crippen molar-refractivity contribution < 1.29 is 4.79 Å². The van der Waals surface area contributed by atoms with Gasteiger partial charge in [0.1, 0.15) is 10.7 Å². The molecule has 5 heteroatoms. The van der Waals surface area contributed by atoms with E-state index >= 15 is 0 Å². The van der Waals surface area contributed by atoms with Crippen LogP contribution in [-0.2, 0) is 19.9 Å². The molecule has 1 aliphatic carbocycles. The highest BCUT2D eigenvalue weighted by atomic mass is 32.1. The van der Waals surface area contributed by atoms with Crippen LogP contribution in [0.4, 0.5) is 0 Å². The van der Waals surface area contributed by atoms with Crippen LogP contribution in [0.3, 0.4) is 0 Å². The fourth-order valence-corrected chi connectivity index (χ4v) is 3.75. The van der Waals surface area contributed by atoms with Gasteiger partial charge in [0.25, 0.3) is 5.56 Å². The lowest BCUT2D eigenvalue weighted by molar-refractivity contribution is 0.0977. The molecule has 0 N–H and O–H groups in total. The lowest BCUT2D eigenvalue weighted by Gasteiger charge is -2.09. The fourth-order valence-electron chi connectivity index (χ4n) is 2.55. The van der Waals surface area contributed by atoms with Gasteiger partial charge < -0.3 is 0 Å². The van der Waals surface area contributed by atoms with Gasteiger partial charge in [-0.25, -0.2) is 4.98 Å². The number of Topliss-reactive ketones (excluding diaryl/α,β-unsaturated/α-hetero) is 1. The van der Waals surface area contributed by atoms with Gasteiger partial charge in [-0.15, -0.1) is 11.3 Å². The Morgan fingerprint density at radius 2 is 2.11 bits per heavy atom. The number of aryl methyl sites for hydroxylation is 2. The first-order chi connectivity index (χ1) is 8.63. The minimum Gasteiger partial charge on any atom is -0.299 e. The molecule has 0 amide bonds. The molecule has 2 aromatic rings. The van der Waals surface area contributed by atoms with Gasteiger partial charge in [0.15, 0.2) is 5.78 Å². The third kappa shape index (κ3) is 1.47. The van der Waals surface area contributed by atoms with Crippen molar-refractivity contribution in [2.24, 2.45) is 7.05 Å². The van der Waals surface area contributed by atoms with E-state index in [1.807, 2.05) is 6.92 Å². The van der Waals surface area contributed by atoms with Crippen LogP contribution in [0.2, 0.25) is 0 Å². The van der Waals surface area contributed by atoms with Crippen LogP contribution >= 0.6 is 11.3 Å². The molecule has 0 saturated carbocycles. The summed E-state index contributed by atoms with van der Waals surface area (Å²) in [5.74, 6) is 0.942. The average molecular weight is 262 g/mol. The minimum atomic E-state index is -0.0101. The van der Waals surface area contributed by atoms with Crippen molar-refractivity contribution in [3.8, 4) is 0 Å². The number of nitrogens with zero attached hydrogens (tertiary/aromatic N) is 2. The molecule has 0 spiro atoms. The Hall–Kier alpha value is -1.49. The van der Waals surface area contributed by atoms with Crippen LogP contribution in [0.1, 0.15) is 40.8 Å². The first kappa shape index (κ1) is 11.6. The molecule has 4 nitrogen and oxygen atoms in total. The number of aromatic nitrogens is 2. The predicted molar refractivity (Wildman–Crippen MR) is 71.5 cm³/mol. The van der Waals surface area contributed by atoms with Crippen LogP contribution in [0.25, 0.3) is 10.2 Å². The Balaban J connectivity index is 2.43. The molecule has 0 aromatic carbocycles. The van der Waals surface area contributed by atoms with Crippen molar-refractivity contribution in [3.63, 3.8) is 0 Å². The third-order valence-corrected chi connectivity index (χ3v) is 4.69. The van der Waals surface area contributed by atoms with Crippen LogP contribution in [0.5, 0.6) is 0 Å². The maximum Gasteiger partial charge on any atom is 0.262 e. The maximum absolute atomic E-state index is 12.4. The molecule has 0 aliphatic heterocycles. The van der Waals surface area contributed by atoms with Crippen molar-refractivity contribution in [1.29, 1.82) is 0 Å². The zero-order valence-electron chi connectivity index (χ0n) is 10.4. The van der Waals surface area contributed by atoms with Crippen LogP contribution < -0.4 is 5.56 Å². The van der Waals surface area contributed by atoms with E-state index in [9.17, 15) is 9.59 Å². The molecule has 0 bridgehead atoms. The summed E-state index contributed by atoms with van der Waals surface area (Å²) in [6.07, 6.45) is 2.98. The molecule has 18 heavy (non-hydrogen) atoms. The van der Waals surface area contributed by atoms with E-state index in [2.05, 4.69) is 4.98 Å². The van der Waals surface area contributed by atoms with Gasteiger partial charge in [0.05, 0.1) is 10.3 Å². The summed E-state index contributed by atoms with van der Waals surface area (Å²) < 4.78 is 1.61. The number of carbonyl (C=O) groups excluding carboxylic acids is 1. The smallest absolute Gasteiger partial charge is 0.262 e. The van der Waals surface area contributed by atoms with Gasteiger partial charge in [-0.05, 0) is 18.4 Å². The summed E-state index contributed by atoms with van der Waals surface area (Å²) in [5.41, 5.74) is 0.922. The summed E-state index contributed by atoms with van der Waals surface area (Å²) >= 11 is 1.39. The summed E-state index contributed by atoms with van der Waals surface area (Å²) in [7, 11) is 1.75. The van der Waals surface area contributed by atoms with Crippen molar-refractivity contribution in [1.82, 2.24) is 9.55 Å². The zero-order chi connectivity index (χ0) is 12.9. The number of carbonyl (C=O) groups is 1. The quantitative estimate of drug-likeness (QED) is 0.790. The Morgan fingerprint density at radius 3 is 2.83 bits per heavy atom. The minimum absolute atomic E-state index is 0.0101. The van der Waals surface area contributed by atoms with Gasteiger partial charge in [-0.1, -0.05) is 6.92 Å². The summed E-state index contributed by atoms with van der Waals surface area (Å²) in [4.78, 5) is 30.3. The monoisotopic (exact) mass is 262 g/mol. The molecular formula is C13H14N2O2S. The molecule has 2 aromatic heterocycles. The Bertz CT molecular complexity index is 712. The molecule has 0 fully saturated rings. The number of hydrogen-bond acceptors (Lipinski definition) is 4. The zero-order valence-corrected chi connectivity index (χ0v) is 11.3. The molecule has 0 atom stereocenters. The second-order valence-electron chi connectivity index (χ2n) is 4.61. The molecule has 2 heterocycles. The van der Waals surface area contributed by atoms with E-state index in [1.165, 1.54) is 11.3 Å². The molecule has 1 aliphatic rings. The molecule has 3 rings (SSSR count). The SMILES string of the molecule is CCc1nc2sc3c(c2c(=O)n1C)CCCC3=O. The van der Waals surface area contributed by atoms with Gasteiger partial charge in [-0.2, -0.15) is 0 Å². The standard InChI is InChI=1S/C13H14N2O2S/c1-3-9-14-12-10(13(17)15(9)2)7-5-4-6-8(16)11(7)18-12/h3-6H2,1-2H3. The number of rotatable bonds is 1. The molecule has 94 valence electrons.